The Morgan fingerprint density at radius 3 is 2.89 bits per heavy atom. The van der Waals surface area contributed by atoms with Crippen LogP contribution in [0.15, 0.2) is 43.2 Å². The fraction of sp³-hybridized carbons (Fsp3) is 0.292. The number of aromatic nitrogens is 7. The molecule has 178 valence electrons. The van der Waals surface area contributed by atoms with E-state index >= 15 is 0 Å². The number of carbonyl (C=O) groups excluding carboxylic acids is 1. The second-order valence-electron chi connectivity index (χ2n) is 8.84. The number of rotatable bonds is 8. The number of Topliss-reactive ketones (excluding diaryl/α,β-unsaturated/α-hetero) is 1. The van der Waals surface area contributed by atoms with E-state index in [-0.39, 0.29) is 41.5 Å². The fourth-order valence-corrected chi connectivity index (χ4v) is 4.52. The maximum atomic E-state index is 14.4. The number of halogens is 2. The third-order valence-electron chi connectivity index (χ3n) is 6.32. The quantitative estimate of drug-likeness (QED) is 0.331. The topological polar surface area (TPSA) is 103 Å². The van der Waals surface area contributed by atoms with Crippen molar-refractivity contribution in [2.24, 2.45) is 0 Å². The summed E-state index contributed by atoms with van der Waals surface area (Å²) in [6.07, 6.45) is 11.4. The van der Waals surface area contributed by atoms with Crippen LogP contribution in [0.3, 0.4) is 0 Å². The van der Waals surface area contributed by atoms with Gasteiger partial charge in [0.05, 0.1) is 42.1 Å². The third kappa shape index (κ3) is 4.08. The molecular weight excluding hydrogens is 473 g/mol. The van der Waals surface area contributed by atoms with Crippen LogP contribution in [-0.4, -0.2) is 44.7 Å². The molecule has 0 amide bonds. The van der Waals surface area contributed by atoms with E-state index in [1.54, 1.807) is 21.5 Å². The lowest BCUT2D eigenvalue weighted by atomic mass is 10.1. The standard InChI is InChI=1S/C24H21ClFN7O2/c25-18-5-6-31-13-27-19(23(31)22(18)26)3-4-21(35)20-11-33(30-29-20)10-17-9-32-8-15(14-1-2-14)7-16(12-34)24(32)28-17/h5-9,11,13-14,34H,1-4,10,12H2. The molecule has 6 rings (SSSR count). The molecule has 1 N–H and O–H groups in total. The molecule has 0 spiro atoms. The van der Waals surface area contributed by atoms with Gasteiger partial charge in [-0.05, 0) is 42.9 Å². The van der Waals surface area contributed by atoms with E-state index in [1.165, 1.54) is 30.8 Å². The molecule has 0 saturated heterocycles. The van der Waals surface area contributed by atoms with E-state index < -0.39 is 5.82 Å². The van der Waals surface area contributed by atoms with E-state index in [2.05, 4.69) is 26.5 Å². The van der Waals surface area contributed by atoms with Gasteiger partial charge in [-0.15, -0.1) is 5.10 Å². The zero-order chi connectivity index (χ0) is 24.1. The smallest absolute Gasteiger partial charge is 0.185 e. The zero-order valence-corrected chi connectivity index (χ0v) is 19.4. The summed E-state index contributed by atoms with van der Waals surface area (Å²) in [4.78, 5) is 21.6. The lowest BCUT2D eigenvalue weighted by molar-refractivity contribution is 0.0977. The number of nitrogens with zero attached hydrogens (tertiary/aromatic N) is 7. The molecule has 11 heteroatoms. The number of hydrogen-bond acceptors (Lipinski definition) is 6. The molecule has 5 heterocycles. The number of ketones is 1. The minimum atomic E-state index is -0.555. The number of pyridine rings is 2. The molecule has 1 aliphatic rings. The molecule has 1 fully saturated rings. The van der Waals surface area contributed by atoms with E-state index in [0.717, 1.165) is 11.3 Å². The van der Waals surface area contributed by atoms with Gasteiger partial charge in [0.25, 0.3) is 0 Å². The Hall–Kier alpha value is -3.63. The number of fused-ring (bicyclic) bond motifs is 2. The molecular formula is C24H21ClFN7O2. The summed E-state index contributed by atoms with van der Waals surface area (Å²) in [5, 5.41) is 17.9. The molecule has 0 aromatic carbocycles. The molecule has 1 saturated carbocycles. The fourth-order valence-electron chi connectivity index (χ4n) is 4.37. The van der Waals surface area contributed by atoms with Crippen molar-refractivity contribution in [1.82, 2.24) is 33.8 Å². The van der Waals surface area contributed by atoms with Crippen molar-refractivity contribution in [3.8, 4) is 0 Å². The summed E-state index contributed by atoms with van der Waals surface area (Å²) in [7, 11) is 0. The van der Waals surface area contributed by atoms with Crippen LogP contribution in [0, 0.1) is 5.82 Å². The monoisotopic (exact) mass is 493 g/mol. The Morgan fingerprint density at radius 2 is 2.09 bits per heavy atom. The van der Waals surface area contributed by atoms with Crippen LogP contribution in [0.1, 0.15) is 58.2 Å². The van der Waals surface area contributed by atoms with Crippen LogP contribution >= 0.6 is 11.6 Å². The van der Waals surface area contributed by atoms with Gasteiger partial charge in [-0.1, -0.05) is 16.8 Å². The van der Waals surface area contributed by atoms with Crippen molar-refractivity contribution in [3.63, 3.8) is 0 Å². The number of aryl methyl sites for hydroxylation is 1. The minimum Gasteiger partial charge on any atom is -0.392 e. The predicted molar refractivity (Wildman–Crippen MR) is 125 cm³/mol. The van der Waals surface area contributed by atoms with Gasteiger partial charge < -0.3 is 13.9 Å². The van der Waals surface area contributed by atoms with Gasteiger partial charge in [-0.25, -0.2) is 19.0 Å². The van der Waals surface area contributed by atoms with Crippen molar-refractivity contribution < 1.29 is 14.3 Å². The van der Waals surface area contributed by atoms with Gasteiger partial charge in [-0.2, -0.15) is 0 Å². The molecule has 0 aliphatic heterocycles. The lowest BCUT2D eigenvalue weighted by Crippen LogP contribution is -2.03. The molecule has 5 aromatic heterocycles. The summed E-state index contributed by atoms with van der Waals surface area (Å²) in [6.45, 7) is 0.256. The summed E-state index contributed by atoms with van der Waals surface area (Å²) in [6, 6.07) is 3.48. The summed E-state index contributed by atoms with van der Waals surface area (Å²) >= 11 is 5.89. The first-order valence-electron chi connectivity index (χ1n) is 11.3. The first-order chi connectivity index (χ1) is 17.0. The maximum Gasteiger partial charge on any atom is 0.185 e. The van der Waals surface area contributed by atoms with E-state index in [9.17, 15) is 14.3 Å². The molecule has 35 heavy (non-hydrogen) atoms. The highest BCUT2D eigenvalue weighted by atomic mass is 35.5. The van der Waals surface area contributed by atoms with Crippen LogP contribution in [0.25, 0.3) is 11.2 Å². The Balaban J connectivity index is 1.16. The van der Waals surface area contributed by atoms with Crippen LogP contribution in [0.4, 0.5) is 4.39 Å². The Labute approximate surface area is 203 Å². The summed E-state index contributed by atoms with van der Waals surface area (Å²) in [5.74, 6) is -0.208. The molecule has 0 radical (unpaired) electrons. The number of hydrogen-bond donors (Lipinski definition) is 1. The zero-order valence-electron chi connectivity index (χ0n) is 18.6. The maximum absolute atomic E-state index is 14.4. The summed E-state index contributed by atoms with van der Waals surface area (Å²) < 4.78 is 19.5. The number of aliphatic hydroxyl groups excluding tert-OH is 1. The number of aliphatic hydroxyl groups is 1. The van der Waals surface area contributed by atoms with Gasteiger partial charge >= 0.3 is 0 Å². The molecule has 5 aromatic rings. The van der Waals surface area contributed by atoms with Gasteiger partial charge in [0.1, 0.15) is 16.9 Å². The molecule has 9 nitrogen and oxygen atoms in total. The van der Waals surface area contributed by atoms with Crippen LogP contribution in [0.5, 0.6) is 0 Å². The average Bonchev–Trinajstić information content (AvgIpc) is 3.26. The highest BCUT2D eigenvalue weighted by Crippen LogP contribution is 2.40. The van der Waals surface area contributed by atoms with Gasteiger partial charge in [0, 0.05) is 30.6 Å². The van der Waals surface area contributed by atoms with Crippen molar-refractivity contribution in [3.05, 3.63) is 82.3 Å². The van der Waals surface area contributed by atoms with Crippen molar-refractivity contribution in [2.75, 3.05) is 0 Å². The van der Waals surface area contributed by atoms with Crippen molar-refractivity contribution in [2.45, 2.75) is 44.8 Å². The lowest BCUT2D eigenvalue weighted by Gasteiger charge is -2.04. The predicted octanol–water partition coefficient (Wildman–Crippen LogP) is 3.60. The Kier molecular flexibility index (Phi) is 5.34. The Bertz CT molecular complexity index is 1580. The molecule has 1 aliphatic carbocycles. The largest absolute Gasteiger partial charge is 0.392 e. The highest BCUT2D eigenvalue weighted by molar-refractivity contribution is 6.31. The first-order valence-corrected chi connectivity index (χ1v) is 11.7. The summed E-state index contributed by atoms with van der Waals surface area (Å²) in [5.41, 5.74) is 4.42. The van der Waals surface area contributed by atoms with Gasteiger partial charge in [0.2, 0.25) is 0 Å². The van der Waals surface area contributed by atoms with Crippen molar-refractivity contribution in [1.29, 1.82) is 0 Å². The molecule has 0 bridgehead atoms. The average molecular weight is 494 g/mol. The van der Waals surface area contributed by atoms with Crippen LogP contribution < -0.4 is 0 Å². The molecule has 0 unspecified atom stereocenters. The van der Waals surface area contributed by atoms with E-state index in [4.69, 9.17) is 11.6 Å². The van der Waals surface area contributed by atoms with Crippen LogP contribution in [-0.2, 0) is 19.6 Å². The first kappa shape index (κ1) is 21.9. The normalized spacial score (nSPS) is 13.8. The molecule has 0 atom stereocenters. The van der Waals surface area contributed by atoms with Gasteiger partial charge in [0.15, 0.2) is 11.6 Å². The third-order valence-corrected chi connectivity index (χ3v) is 6.62. The van der Waals surface area contributed by atoms with E-state index in [0.29, 0.717) is 23.8 Å². The van der Waals surface area contributed by atoms with Gasteiger partial charge in [-0.3, -0.25) is 4.79 Å². The number of carbonyl (C=O) groups is 1. The number of imidazole rings is 2. The highest BCUT2D eigenvalue weighted by Gasteiger charge is 2.25. The second kappa shape index (κ2) is 8.54. The van der Waals surface area contributed by atoms with E-state index in [1.807, 2.05) is 16.7 Å². The Morgan fingerprint density at radius 1 is 1.23 bits per heavy atom. The second-order valence-corrected chi connectivity index (χ2v) is 9.25. The SMILES string of the molecule is O=C(CCc1ncn2ccc(Cl)c(F)c12)c1cn(Cc2cn3cc(C4CC4)cc(CO)c3n2)nn1. The van der Waals surface area contributed by atoms with Crippen molar-refractivity contribution >= 4 is 28.5 Å². The minimum absolute atomic E-state index is 0.00957. The van der Waals surface area contributed by atoms with Crippen LogP contribution in [0.2, 0.25) is 5.02 Å².